The Balaban J connectivity index is 1.61. The summed E-state index contributed by atoms with van der Waals surface area (Å²) in [5.41, 5.74) is 2.84. The van der Waals surface area contributed by atoms with Gasteiger partial charge in [0.1, 0.15) is 22.7 Å². The summed E-state index contributed by atoms with van der Waals surface area (Å²) in [5, 5.41) is 34.5. The highest BCUT2D eigenvalue weighted by Crippen LogP contribution is 2.38. The molecule has 1 aliphatic rings. The maximum absolute atomic E-state index is 12.9. The van der Waals surface area contributed by atoms with Crippen LogP contribution in [0.15, 0.2) is 39.9 Å². The summed E-state index contributed by atoms with van der Waals surface area (Å²) in [6, 6.07) is 10.3. The number of carbonyl (C=O) groups is 1. The number of nitro groups is 1. The molecule has 0 unspecified atom stereocenters. The third-order valence-electron chi connectivity index (χ3n) is 5.53. The van der Waals surface area contributed by atoms with Crippen molar-refractivity contribution < 1.29 is 9.72 Å². The van der Waals surface area contributed by atoms with E-state index in [0.717, 1.165) is 59.3 Å². The Labute approximate surface area is 215 Å². The normalized spacial score (nSPS) is 12.8. The first-order valence-corrected chi connectivity index (χ1v) is 12.7. The zero-order chi connectivity index (χ0) is 25.8. The van der Waals surface area contributed by atoms with Crippen LogP contribution in [0.4, 0.5) is 10.7 Å². The van der Waals surface area contributed by atoms with Gasteiger partial charge in [-0.2, -0.15) is 10.5 Å². The summed E-state index contributed by atoms with van der Waals surface area (Å²) in [6.45, 7) is 3.64. The molecule has 0 atom stereocenters. The number of nitro benzene ring substituents is 1. The second kappa shape index (κ2) is 10.7. The lowest BCUT2D eigenvalue weighted by Gasteiger charge is -2.09. The Morgan fingerprint density at radius 3 is 2.58 bits per heavy atom. The van der Waals surface area contributed by atoms with Crippen molar-refractivity contribution in [2.45, 2.75) is 49.6 Å². The number of amides is 1. The number of thiophene rings is 1. The van der Waals surface area contributed by atoms with Crippen LogP contribution in [0.25, 0.3) is 6.08 Å². The van der Waals surface area contributed by atoms with Crippen LogP contribution >= 0.6 is 23.1 Å². The molecule has 11 heteroatoms. The summed E-state index contributed by atoms with van der Waals surface area (Å²) >= 11 is 2.44. The number of rotatable bonds is 6. The molecule has 180 valence electrons. The predicted molar refractivity (Wildman–Crippen MR) is 137 cm³/mol. The highest BCUT2D eigenvalue weighted by Gasteiger charge is 2.23. The van der Waals surface area contributed by atoms with Crippen LogP contribution in [-0.2, 0) is 17.6 Å². The molecule has 0 fully saturated rings. The summed E-state index contributed by atoms with van der Waals surface area (Å²) in [4.78, 5) is 34.1. The van der Waals surface area contributed by atoms with Gasteiger partial charge in [0.25, 0.3) is 11.6 Å². The second-order valence-electron chi connectivity index (χ2n) is 8.17. The molecule has 1 amide bonds. The van der Waals surface area contributed by atoms with E-state index in [2.05, 4.69) is 21.4 Å². The van der Waals surface area contributed by atoms with E-state index < -0.39 is 10.8 Å². The first-order valence-electron chi connectivity index (χ1n) is 11.1. The third kappa shape index (κ3) is 5.43. The average molecular weight is 517 g/mol. The number of carbonyl (C=O) groups excluding carboxylic acids is 1. The first-order chi connectivity index (χ1) is 17.3. The van der Waals surface area contributed by atoms with Crippen molar-refractivity contribution in [1.82, 2.24) is 9.97 Å². The van der Waals surface area contributed by atoms with Crippen LogP contribution in [-0.4, -0.2) is 20.8 Å². The minimum atomic E-state index is -0.669. The Bertz CT molecular complexity index is 1480. The van der Waals surface area contributed by atoms with E-state index in [1.807, 2.05) is 26.0 Å². The molecule has 1 aliphatic carbocycles. The molecule has 0 saturated carbocycles. The zero-order valence-electron chi connectivity index (χ0n) is 19.5. The molecule has 2 heterocycles. The number of nitriles is 2. The van der Waals surface area contributed by atoms with Crippen LogP contribution in [0.2, 0.25) is 0 Å². The fourth-order valence-corrected chi connectivity index (χ4v) is 6.13. The summed E-state index contributed by atoms with van der Waals surface area (Å²) in [7, 11) is 0. The fraction of sp³-hybridized carbons (Fsp3) is 0.240. The largest absolute Gasteiger partial charge is 0.312 e. The lowest BCUT2D eigenvalue weighted by molar-refractivity contribution is -0.387. The number of aromatic nitrogens is 2. The van der Waals surface area contributed by atoms with E-state index in [1.165, 1.54) is 23.5 Å². The molecule has 0 bridgehead atoms. The van der Waals surface area contributed by atoms with Crippen LogP contribution in [0.1, 0.15) is 45.8 Å². The molecular formula is C25H20N6O3S2. The number of fused-ring (bicyclic) bond motifs is 1. The molecular weight excluding hydrogens is 496 g/mol. The SMILES string of the molecule is Cc1cc(C)nc(Sc2ccc(C=C(C#N)C(=O)Nc3sc4c(c3C#N)CCCC4)cc2[N+](=O)[O-])n1. The molecule has 36 heavy (non-hydrogen) atoms. The van der Waals surface area contributed by atoms with Crippen LogP contribution in [0.5, 0.6) is 0 Å². The summed E-state index contributed by atoms with van der Waals surface area (Å²) in [5.74, 6) is -0.669. The quantitative estimate of drug-likeness (QED) is 0.148. The maximum atomic E-state index is 12.9. The molecule has 0 radical (unpaired) electrons. The molecule has 0 aliphatic heterocycles. The minimum absolute atomic E-state index is 0.188. The van der Waals surface area contributed by atoms with Gasteiger partial charge in [-0.25, -0.2) is 9.97 Å². The van der Waals surface area contributed by atoms with E-state index in [9.17, 15) is 25.4 Å². The fourth-order valence-electron chi connectivity index (χ4n) is 3.95. The molecule has 3 aromatic rings. The van der Waals surface area contributed by atoms with Crippen molar-refractivity contribution in [3.63, 3.8) is 0 Å². The topological polar surface area (TPSA) is 146 Å². The average Bonchev–Trinajstić information content (AvgIpc) is 3.19. The van der Waals surface area contributed by atoms with Crippen molar-refractivity contribution in [3.05, 3.63) is 72.9 Å². The van der Waals surface area contributed by atoms with Gasteiger partial charge in [-0.15, -0.1) is 11.3 Å². The number of benzene rings is 1. The van der Waals surface area contributed by atoms with Gasteiger partial charge in [-0.05, 0) is 80.6 Å². The van der Waals surface area contributed by atoms with Crippen molar-refractivity contribution in [2.75, 3.05) is 5.32 Å². The first kappa shape index (κ1) is 25.0. The molecule has 0 spiro atoms. The van der Waals surface area contributed by atoms with Gasteiger partial charge in [0.2, 0.25) is 0 Å². The van der Waals surface area contributed by atoms with Gasteiger partial charge in [-0.3, -0.25) is 14.9 Å². The lowest BCUT2D eigenvalue weighted by Crippen LogP contribution is -2.13. The predicted octanol–water partition coefficient (Wildman–Crippen LogP) is 5.51. The zero-order valence-corrected chi connectivity index (χ0v) is 21.1. The third-order valence-corrected chi connectivity index (χ3v) is 7.67. The monoisotopic (exact) mass is 516 g/mol. The van der Waals surface area contributed by atoms with Crippen molar-refractivity contribution in [3.8, 4) is 12.1 Å². The Morgan fingerprint density at radius 1 is 1.19 bits per heavy atom. The standard InChI is InChI=1S/C25H20N6O3S2/c1-14-9-15(2)29-25(28-14)36-22-8-7-16(11-20(22)31(33)34)10-17(12-26)23(32)30-24-19(13-27)18-5-3-4-6-21(18)35-24/h7-11H,3-6H2,1-2H3,(H,30,32). The Morgan fingerprint density at radius 2 is 1.92 bits per heavy atom. The Hall–Kier alpha value is -4.06. The van der Waals surface area contributed by atoms with Crippen LogP contribution < -0.4 is 5.32 Å². The van der Waals surface area contributed by atoms with Crippen molar-refractivity contribution in [2.24, 2.45) is 0 Å². The highest BCUT2D eigenvalue weighted by atomic mass is 32.2. The van der Waals surface area contributed by atoms with Gasteiger partial charge in [0.15, 0.2) is 5.16 Å². The number of anilines is 1. The van der Waals surface area contributed by atoms with Crippen LogP contribution in [0.3, 0.4) is 0 Å². The number of nitrogens with zero attached hydrogens (tertiary/aromatic N) is 5. The number of hydrogen-bond acceptors (Lipinski definition) is 9. The lowest BCUT2D eigenvalue weighted by atomic mass is 9.96. The van der Waals surface area contributed by atoms with E-state index in [-0.39, 0.29) is 11.3 Å². The molecule has 2 aromatic heterocycles. The Kier molecular flexibility index (Phi) is 7.44. The van der Waals surface area contributed by atoms with E-state index in [0.29, 0.717) is 26.2 Å². The minimum Gasteiger partial charge on any atom is -0.312 e. The molecule has 1 N–H and O–H groups in total. The maximum Gasteiger partial charge on any atom is 0.283 e. The molecule has 0 saturated heterocycles. The number of nitrogens with one attached hydrogen (secondary N) is 1. The van der Waals surface area contributed by atoms with Crippen LogP contribution in [0, 0.1) is 46.6 Å². The van der Waals surface area contributed by atoms with Crippen molar-refractivity contribution >= 4 is 45.8 Å². The smallest absolute Gasteiger partial charge is 0.283 e. The van der Waals surface area contributed by atoms with Gasteiger partial charge in [-0.1, -0.05) is 6.07 Å². The van der Waals surface area contributed by atoms with Gasteiger partial charge in [0.05, 0.1) is 15.4 Å². The molecule has 1 aromatic carbocycles. The van der Waals surface area contributed by atoms with Crippen molar-refractivity contribution in [1.29, 1.82) is 10.5 Å². The van der Waals surface area contributed by atoms with E-state index in [1.54, 1.807) is 12.1 Å². The molecule has 9 nitrogen and oxygen atoms in total. The highest BCUT2D eigenvalue weighted by molar-refractivity contribution is 7.99. The second-order valence-corrected chi connectivity index (χ2v) is 10.3. The van der Waals surface area contributed by atoms with E-state index in [4.69, 9.17) is 0 Å². The van der Waals surface area contributed by atoms with Gasteiger partial charge < -0.3 is 5.32 Å². The number of hydrogen-bond donors (Lipinski definition) is 1. The van der Waals surface area contributed by atoms with E-state index >= 15 is 0 Å². The van der Waals surface area contributed by atoms with Gasteiger partial charge in [0, 0.05) is 22.3 Å². The molecule has 4 rings (SSSR count). The summed E-state index contributed by atoms with van der Waals surface area (Å²) in [6.07, 6.45) is 5.00. The number of aryl methyl sites for hydroxylation is 3. The van der Waals surface area contributed by atoms with Gasteiger partial charge >= 0.3 is 0 Å². The summed E-state index contributed by atoms with van der Waals surface area (Å²) < 4.78 is 0.